The van der Waals surface area contributed by atoms with Gasteiger partial charge in [-0.2, -0.15) is 13.2 Å². The summed E-state index contributed by atoms with van der Waals surface area (Å²) in [6.07, 6.45) is -6.03. The molecule has 0 aromatic heterocycles. The van der Waals surface area contributed by atoms with Crippen LogP contribution in [-0.2, 0) is 0 Å². The second-order valence-electron chi connectivity index (χ2n) is 1.81. The van der Waals surface area contributed by atoms with Crippen LogP contribution >= 0.6 is 0 Å². The molecule has 56 valence electrons. The Morgan fingerprint density at radius 2 is 1.78 bits per heavy atom. The summed E-state index contributed by atoms with van der Waals surface area (Å²) in [5, 5.41) is 8.31. The van der Waals surface area contributed by atoms with Crippen LogP contribution < -0.4 is 5.73 Å². The van der Waals surface area contributed by atoms with E-state index in [1.54, 1.807) is 0 Å². The van der Waals surface area contributed by atoms with Gasteiger partial charge < -0.3 is 10.8 Å². The van der Waals surface area contributed by atoms with Gasteiger partial charge in [0.05, 0.1) is 6.10 Å². The molecule has 0 spiro atoms. The van der Waals surface area contributed by atoms with E-state index in [0.717, 1.165) is 6.92 Å². The summed E-state index contributed by atoms with van der Waals surface area (Å²) >= 11 is 0. The maximum Gasteiger partial charge on any atom is 0.406 e. The van der Waals surface area contributed by atoms with Gasteiger partial charge in [0, 0.05) is 0 Å². The Hall–Kier alpha value is -0.290. The lowest BCUT2D eigenvalue weighted by molar-refractivity contribution is -0.166. The summed E-state index contributed by atoms with van der Waals surface area (Å²) in [6, 6.07) is -2.13. The molecule has 0 aromatic rings. The molecule has 0 saturated carbocycles. The first-order valence-electron chi connectivity index (χ1n) is 2.36. The Bertz CT molecular complexity index is 90.3. The van der Waals surface area contributed by atoms with Crippen LogP contribution in [0.2, 0.25) is 0 Å². The first-order chi connectivity index (χ1) is 3.85. The molecule has 0 amide bonds. The molecule has 0 bridgehead atoms. The van der Waals surface area contributed by atoms with Crippen molar-refractivity contribution >= 4 is 0 Å². The number of aliphatic hydroxyl groups is 1. The highest BCUT2D eigenvalue weighted by Gasteiger charge is 2.39. The third-order valence-corrected chi connectivity index (χ3v) is 0.898. The normalized spacial score (nSPS) is 19.3. The lowest BCUT2D eigenvalue weighted by Crippen LogP contribution is -2.45. The van der Waals surface area contributed by atoms with Crippen molar-refractivity contribution in [2.45, 2.75) is 25.2 Å². The van der Waals surface area contributed by atoms with Gasteiger partial charge in [-0.1, -0.05) is 0 Å². The fraction of sp³-hybridized carbons (Fsp3) is 1.00. The standard InChI is InChI=1S/C4H8F3NO/c1-2(9)3(8)4(5,6)7/h2-3,9H,8H2,1H3/t2-,3+/m0/s1. The van der Waals surface area contributed by atoms with E-state index in [4.69, 9.17) is 5.11 Å². The summed E-state index contributed by atoms with van der Waals surface area (Å²) in [5.41, 5.74) is 4.52. The summed E-state index contributed by atoms with van der Waals surface area (Å²) in [4.78, 5) is 0. The zero-order chi connectivity index (χ0) is 7.65. The highest BCUT2D eigenvalue weighted by molar-refractivity contribution is 4.75. The molecule has 2 atom stereocenters. The quantitative estimate of drug-likeness (QED) is 0.553. The fourth-order valence-corrected chi connectivity index (χ4v) is 0.273. The smallest absolute Gasteiger partial charge is 0.391 e. The number of rotatable bonds is 1. The molecule has 3 N–H and O–H groups in total. The molecule has 0 radical (unpaired) electrons. The van der Waals surface area contributed by atoms with Gasteiger partial charge in [-0.25, -0.2) is 0 Å². The van der Waals surface area contributed by atoms with Crippen LogP contribution in [0.25, 0.3) is 0 Å². The van der Waals surface area contributed by atoms with Crippen LogP contribution in [0.3, 0.4) is 0 Å². The van der Waals surface area contributed by atoms with Gasteiger partial charge in [-0.15, -0.1) is 0 Å². The highest BCUT2D eigenvalue weighted by Crippen LogP contribution is 2.20. The van der Waals surface area contributed by atoms with Crippen molar-refractivity contribution in [3.8, 4) is 0 Å². The third-order valence-electron chi connectivity index (χ3n) is 0.898. The van der Waals surface area contributed by atoms with Gasteiger partial charge in [-0.3, -0.25) is 0 Å². The molecule has 0 aliphatic heterocycles. The molecule has 0 aromatic carbocycles. The van der Waals surface area contributed by atoms with Gasteiger partial charge in [-0.05, 0) is 6.92 Å². The van der Waals surface area contributed by atoms with Gasteiger partial charge in [0.1, 0.15) is 6.04 Å². The van der Waals surface area contributed by atoms with E-state index in [1.807, 2.05) is 0 Å². The summed E-state index contributed by atoms with van der Waals surface area (Å²) in [7, 11) is 0. The second-order valence-corrected chi connectivity index (χ2v) is 1.81. The fourth-order valence-electron chi connectivity index (χ4n) is 0.273. The number of aliphatic hydroxyl groups excluding tert-OH is 1. The minimum absolute atomic E-state index is 0.998. The average molecular weight is 143 g/mol. The van der Waals surface area contributed by atoms with E-state index in [-0.39, 0.29) is 0 Å². The van der Waals surface area contributed by atoms with E-state index in [2.05, 4.69) is 5.73 Å². The SMILES string of the molecule is C[C@H](O)[C@@H](N)C(F)(F)F. The summed E-state index contributed by atoms with van der Waals surface area (Å²) < 4.78 is 34.2. The first-order valence-corrected chi connectivity index (χ1v) is 2.36. The van der Waals surface area contributed by atoms with Crippen LogP contribution in [0.5, 0.6) is 0 Å². The molecule has 0 heterocycles. The van der Waals surface area contributed by atoms with Gasteiger partial charge in [0.15, 0.2) is 0 Å². The Balaban J connectivity index is 3.88. The van der Waals surface area contributed by atoms with E-state index >= 15 is 0 Å². The Morgan fingerprint density at radius 3 is 1.78 bits per heavy atom. The van der Waals surface area contributed by atoms with Gasteiger partial charge >= 0.3 is 6.18 Å². The van der Waals surface area contributed by atoms with E-state index in [9.17, 15) is 13.2 Å². The van der Waals surface area contributed by atoms with Crippen LogP contribution in [0.1, 0.15) is 6.92 Å². The largest absolute Gasteiger partial charge is 0.406 e. The van der Waals surface area contributed by atoms with Crippen LogP contribution in [0.4, 0.5) is 13.2 Å². The molecule has 0 unspecified atom stereocenters. The van der Waals surface area contributed by atoms with E-state index in [0.29, 0.717) is 0 Å². The molecule has 5 heteroatoms. The molecular formula is C4H8F3NO. The second kappa shape index (κ2) is 2.53. The molecular weight excluding hydrogens is 135 g/mol. The molecule has 0 rings (SSSR count). The van der Waals surface area contributed by atoms with Crippen molar-refractivity contribution in [3.63, 3.8) is 0 Å². The number of nitrogens with two attached hydrogens (primary N) is 1. The van der Waals surface area contributed by atoms with Gasteiger partial charge in [0.25, 0.3) is 0 Å². The van der Waals surface area contributed by atoms with Crippen LogP contribution in [0.15, 0.2) is 0 Å². The lowest BCUT2D eigenvalue weighted by atomic mass is 10.2. The minimum atomic E-state index is -4.49. The zero-order valence-electron chi connectivity index (χ0n) is 4.81. The Morgan fingerprint density at radius 1 is 1.44 bits per heavy atom. The van der Waals surface area contributed by atoms with Crippen molar-refractivity contribution in [2.24, 2.45) is 5.73 Å². The molecule has 0 saturated heterocycles. The molecule has 0 fully saturated rings. The topological polar surface area (TPSA) is 46.2 Å². The van der Waals surface area contributed by atoms with Crippen molar-refractivity contribution in [3.05, 3.63) is 0 Å². The minimum Gasteiger partial charge on any atom is -0.391 e. The summed E-state index contributed by atoms with van der Waals surface area (Å²) in [6.45, 7) is 0.998. The first kappa shape index (κ1) is 8.71. The lowest BCUT2D eigenvalue weighted by Gasteiger charge is -2.17. The van der Waals surface area contributed by atoms with Crippen molar-refractivity contribution in [1.82, 2.24) is 0 Å². The van der Waals surface area contributed by atoms with Crippen molar-refractivity contribution < 1.29 is 18.3 Å². The highest BCUT2D eigenvalue weighted by atomic mass is 19.4. The Labute approximate surface area is 50.5 Å². The maximum absolute atomic E-state index is 11.4. The number of halogens is 3. The van der Waals surface area contributed by atoms with Crippen LogP contribution in [0, 0.1) is 0 Å². The average Bonchev–Trinajstić information content (AvgIpc) is 1.62. The number of hydrogen-bond donors (Lipinski definition) is 2. The zero-order valence-corrected chi connectivity index (χ0v) is 4.81. The van der Waals surface area contributed by atoms with E-state index in [1.165, 1.54) is 0 Å². The molecule has 0 aliphatic carbocycles. The van der Waals surface area contributed by atoms with Crippen molar-refractivity contribution in [1.29, 1.82) is 0 Å². The molecule has 9 heavy (non-hydrogen) atoms. The van der Waals surface area contributed by atoms with E-state index < -0.39 is 18.3 Å². The molecule has 0 aliphatic rings. The monoisotopic (exact) mass is 143 g/mol. The maximum atomic E-state index is 11.4. The number of alkyl halides is 3. The summed E-state index contributed by atoms with van der Waals surface area (Å²) in [5.74, 6) is 0. The van der Waals surface area contributed by atoms with Crippen molar-refractivity contribution in [2.75, 3.05) is 0 Å². The Kier molecular flexibility index (Phi) is 2.45. The number of hydrogen-bond acceptors (Lipinski definition) is 2. The van der Waals surface area contributed by atoms with Crippen LogP contribution in [-0.4, -0.2) is 23.4 Å². The van der Waals surface area contributed by atoms with Gasteiger partial charge in [0.2, 0.25) is 0 Å². The predicted octanol–water partition coefficient (Wildman–Crippen LogP) is 0.257. The predicted molar refractivity (Wildman–Crippen MR) is 25.7 cm³/mol. The third kappa shape index (κ3) is 2.67. The molecule has 2 nitrogen and oxygen atoms in total.